The number of aromatic nitrogens is 5. The van der Waals surface area contributed by atoms with Crippen LogP contribution in [0.15, 0.2) is 34.9 Å². The molecule has 0 aliphatic carbocycles. The van der Waals surface area contributed by atoms with Gasteiger partial charge < -0.3 is 15.2 Å². The third-order valence-electron chi connectivity index (χ3n) is 3.83. The summed E-state index contributed by atoms with van der Waals surface area (Å²) in [6, 6.07) is 8.80. The number of anilines is 2. The molecule has 28 heavy (non-hydrogen) atoms. The van der Waals surface area contributed by atoms with Crippen LogP contribution in [0.1, 0.15) is 31.9 Å². The van der Waals surface area contributed by atoms with E-state index in [4.69, 9.17) is 4.52 Å². The highest BCUT2D eigenvalue weighted by molar-refractivity contribution is 5.94. The Morgan fingerprint density at radius 3 is 2.75 bits per heavy atom. The smallest absolute Gasteiger partial charge is 0.249 e. The number of hydrogen-bond donors (Lipinski definition) is 2. The predicted octanol–water partition coefficient (Wildman–Crippen LogP) is 2.40. The Morgan fingerprint density at radius 1 is 1.18 bits per heavy atom. The van der Waals surface area contributed by atoms with Crippen LogP contribution in [0.3, 0.4) is 0 Å². The number of nitrogens with one attached hydrogen (secondary N) is 2. The summed E-state index contributed by atoms with van der Waals surface area (Å²) in [5.41, 5.74) is 1.23. The fourth-order valence-electron chi connectivity index (χ4n) is 2.49. The average Bonchev–Trinajstić information content (AvgIpc) is 3.29. The summed E-state index contributed by atoms with van der Waals surface area (Å²) in [6.45, 7) is 3.62. The predicted molar refractivity (Wildman–Crippen MR) is 101 cm³/mol. The molecule has 3 rings (SSSR count). The second-order valence-electron chi connectivity index (χ2n) is 6.21. The van der Waals surface area contributed by atoms with E-state index in [1.165, 1.54) is 4.80 Å². The standard InChI is InChI=1S/C18H21N7O3/c1-3-4-9-16(26)19-14-8-6-5-7-13(14)18-21-24-25(22-18)11-17(27)20-15-10-12(2)28-23-15/h5-8,10H,3-4,9,11H2,1-2H3,(H,19,26)(H,20,23,27). The van der Waals surface area contributed by atoms with Crippen molar-refractivity contribution in [2.24, 2.45) is 0 Å². The monoisotopic (exact) mass is 383 g/mol. The Morgan fingerprint density at radius 2 is 2.00 bits per heavy atom. The Hall–Kier alpha value is -3.56. The number of para-hydroxylation sites is 1. The summed E-state index contributed by atoms with van der Waals surface area (Å²) < 4.78 is 4.90. The summed E-state index contributed by atoms with van der Waals surface area (Å²) >= 11 is 0. The summed E-state index contributed by atoms with van der Waals surface area (Å²) in [6.07, 6.45) is 2.22. The van der Waals surface area contributed by atoms with E-state index >= 15 is 0 Å². The van der Waals surface area contributed by atoms with Crippen LogP contribution in [0.25, 0.3) is 11.4 Å². The highest BCUT2D eigenvalue weighted by atomic mass is 16.5. The van der Waals surface area contributed by atoms with Gasteiger partial charge in [-0.2, -0.15) is 4.80 Å². The summed E-state index contributed by atoms with van der Waals surface area (Å²) in [5, 5.41) is 21.3. The van der Waals surface area contributed by atoms with Crippen LogP contribution in [0.5, 0.6) is 0 Å². The van der Waals surface area contributed by atoms with Crippen molar-refractivity contribution in [2.45, 2.75) is 39.7 Å². The zero-order valence-electron chi connectivity index (χ0n) is 15.7. The maximum atomic E-state index is 12.1. The van der Waals surface area contributed by atoms with Crippen LogP contribution in [-0.2, 0) is 16.1 Å². The van der Waals surface area contributed by atoms with Crippen LogP contribution in [-0.4, -0.2) is 37.2 Å². The number of rotatable bonds is 8. The lowest BCUT2D eigenvalue weighted by molar-refractivity contribution is -0.117. The first kappa shape index (κ1) is 19.2. The molecule has 0 saturated heterocycles. The first-order chi connectivity index (χ1) is 13.5. The molecule has 1 aromatic carbocycles. The number of carbonyl (C=O) groups excluding carboxylic acids is 2. The molecule has 2 amide bonds. The van der Waals surface area contributed by atoms with Gasteiger partial charge in [0.2, 0.25) is 17.6 Å². The van der Waals surface area contributed by atoms with Crippen LogP contribution >= 0.6 is 0 Å². The Bertz CT molecular complexity index is 964. The molecular weight excluding hydrogens is 362 g/mol. The minimum Gasteiger partial charge on any atom is -0.360 e. The van der Waals surface area contributed by atoms with Crippen molar-refractivity contribution in [3.8, 4) is 11.4 Å². The summed E-state index contributed by atoms with van der Waals surface area (Å²) in [5.74, 6) is 0.802. The lowest BCUT2D eigenvalue weighted by Gasteiger charge is -2.08. The molecule has 0 unspecified atom stereocenters. The molecule has 2 heterocycles. The van der Waals surface area contributed by atoms with E-state index < -0.39 is 0 Å². The molecule has 0 spiro atoms. The van der Waals surface area contributed by atoms with Gasteiger partial charge in [0.25, 0.3) is 0 Å². The van der Waals surface area contributed by atoms with Crippen molar-refractivity contribution in [1.29, 1.82) is 0 Å². The molecule has 0 atom stereocenters. The van der Waals surface area contributed by atoms with E-state index in [0.717, 1.165) is 12.8 Å². The lowest BCUT2D eigenvalue weighted by Crippen LogP contribution is -2.20. The molecule has 0 fully saturated rings. The zero-order chi connectivity index (χ0) is 19.9. The van der Waals surface area contributed by atoms with Gasteiger partial charge in [0.15, 0.2) is 5.82 Å². The van der Waals surface area contributed by atoms with Crippen molar-refractivity contribution < 1.29 is 14.1 Å². The second kappa shape index (κ2) is 8.89. The van der Waals surface area contributed by atoms with Crippen molar-refractivity contribution in [3.63, 3.8) is 0 Å². The number of hydrogen-bond acceptors (Lipinski definition) is 7. The van der Waals surface area contributed by atoms with E-state index in [2.05, 4.69) is 31.2 Å². The fourth-order valence-corrected chi connectivity index (χ4v) is 2.49. The quantitative estimate of drug-likeness (QED) is 0.611. The van der Waals surface area contributed by atoms with Gasteiger partial charge in [-0.1, -0.05) is 30.6 Å². The molecule has 10 nitrogen and oxygen atoms in total. The lowest BCUT2D eigenvalue weighted by atomic mass is 10.1. The molecule has 0 aliphatic heterocycles. The average molecular weight is 383 g/mol. The van der Waals surface area contributed by atoms with Crippen LogP contribution in [0.4, 0.5) is 11.5 Å². The largest absolute Gasteiger partial charge is 0.360 e. The molecule has 146 valence electrons. The van der Waals surface area contributed by atoms with Gasteiger partial charge in [0, 0.05) is 18.1 Å². The molecule has 2 N–H and O–H groups in total. The fraction of sp³-hybridized carbons (Fsp3) is 0.333. The van der Waals surface area contributed by atoms with Crippen molar-refractivity contribution in [3.05, 3.63) is 36.1 Å². The Kier molecular flexibility index (Phi) is 6.10. The Balaban J connectivity index is 1.68. The van der Waals surface area contributed by atoms with Gasteiger partial charge in [-0.25, -0.2) is 0 Å². The maximum Gasteiger partial charge on any atom is 0.249 e. The topological polar surface area (TPSA) is 128 Å². The van der Waals surface area contributed by atoms with Crippen molar-refractivity contribution in [2.75, 3.05) is 10.6 Å². The normalized spacial score (nSPS) is 10.6. The number of nitrogens with zero attached hydrogens (tertiary/aromatic N) is 5. The first-order valence-corrected chi connectivity index (χ1v) is 8.95. The van der Waals surface area contributed by atoms with Gasteiger partial charge in [0.05, 0.1) is 5.69 Å². The summed E-state index contributed by atoms with van der Waals surface area (Å²) in [7, 11) is 0. The van der Waals surface area contributed by atoms with E-state index in [1.54, 1.807) is 25.1 Å². The second-order valence-corrected chi connectivity index (χ2v) is 6.21. The summed E-state index contributed by atoms with van der Waals surface area (Å²) in [4.78, 5) is 25.3. The minimum atomic E-state index is -0.363. The number of amides is 2. The number of aryl methyl sites for hydroxylation is 1. The van der Waals surface area contributed by atoms with Crippen molar-refractivity contribution in [1.82, 2.24) is 25.4 Å². The molecule has 0 aliphatic rings. The number of tetrazole rings is 1. The number of carbonyl (C=O) groups is 2. The molecule has 0 bridgehead atoms. The highest BCUT2D eigenvalue weighted by Gasteiger charge is 2.14. The van der Waals surface area contributed by atoms with Gasteiger partial charge in [0.1, 0.15) is 12.3 Å². The third kappa shape index (κ3) is 5.00. The van der Waals surface area contributed by atoms with Crippen LogP contribution in [0.2, 0.25) is 0 Å². The van der Waals surface area contributed by atoms with Crippen molar-refractivity contribution >= 4 is 23.3 Å². The molecule has 2 aromatic heterocycles. The van der Waals surface area contributed by atoms with E-state index in [0.29, 0.717) is 35.1 Å². The van der Waals surface area contributed by atoms with Gasteiger partial charge in [-0.05, 0) is 30.7 Å². The molecule has 0 saturated carbocycles. The van der Waals surface area contributed by atoms with Crippen LogP contribution < -0.4 is 10.6 Å². The van der Waals surface area contributed by atoms with E-state index in [-0.39, 0.29) is 18.4 Å². The number of unbranched alkanes of at least 4 members (excludes halogenated alkanes) is 1. The molecule has 0 radical (unpaired) electrons. The minimum absolute atomic E-state index is 0.0658. The van der Waals surface area contributed by atoms with E-state index in [1.807, 2.05) is 19.1 Å². The Labute approximate surface area is 161 Å². The van der Waals surface area contributed by atoms with Crippen LogP contribution in [0, 0.1) is 6.92 Å². The van der Waals surface area contributed by atoms with Gasteiger partial charge >= 0.3 is 0 Å². The third-order valence-corrected chi connectivity index (χ3v) is 3.83. The molecular formula is C18H21N7O3. The highest BCUT2D eigenvalue weighted by Crippen LogP contribution is 2.24. The zero-order valence-corrected chi connectivity index (χ0v) is 15.7. The van der Waals surface area contributed by atoms with Gasteiger partial charge in [-0.3, -0.25) is 9.59 Å². The van der Waals surface area contributed by atoms with E-state index in [9.17, 15) is 9.59 Å². The molecule has 3 aromatic rings. The number of benzene rings is 1. The maximum absolute atomic E-state index is 12.1. The van der Waals surface area contributed by atoms with Gasteiger partial charge in [-0.15, -0.1) is 10.2 Å². The SMILES string of the molecule is CCCCC(=O)Nc1ccccc1-c1nnn(CC(=O)Nc2cc(C)on2)n1. The first-order valence-electron chi connectivity index (χ1n) is 8.95. The molecule has 10 heteroatoms.